The first-order chi connectivity index (χ1) is 14.3. The van der Waals surface area contributed by atoms with Gasteiger partial charge < -0.3 is 5.32 Å². The Balaban J connectivity index is 1.33. The third-order valence-electron chi connectivity index (χ3n) is 5.03. The summed E-state index contributed by atoms with van der Waals surface area (Å²) in [4.78, 5) is 12.6. The Hall–Kier alpha value is -2.67. The summed E-state index contributed by atoms with van der Waals surface area (Å²) in [5, 5.41) is 15.8. The second-order valence-corrected chi connectivity index (χ2v) is 8.28. The quantitative estimate of drug-likeness (QED) is 0.515. The van der Waals surface area contributed by atoms with Crippen LogP contribution in [0.5, 0.6) is 0 Å². The number of nitrogens with zero attached hydrogens (tertiary/aromatic N) is 4. The summed E-state index contributed by atoms with van der Waals surface area (Å²) >= 11 is 1.40. The number of thioether (sulfide) groups is 1. The second-order valence-electron chi connectivity index (χ2n) is 7.33. The number of tetrazole rings is 1. The maximum absolute atomic E-state index is 12.6. The van der Waals surface area contributed by atoms with Crippen LogP contribution in [-0.4, -0.2) is 31.9 Å². The Morgan fingerprint density at radius 3 is 2.55 bits per heavy atom. The highest BCUT2D eigenvalue weighted by molar-refractivity contribution is 7.99. The van der Waals surface area contributed by atoms with Crippen LogP contribution >= 0.6 is 11.8 Å². The Bertz CT molecular complexity index is 911. The summed E-state index contributed by atoms with van der Waals surface area (Å²) in [6, 6.07) is 21.1. The first-order valence-corrected chi connectivity index (χ1v) is 11.1. The van der Waals surface area contributed by atoms with Crippen LogP contribution in [0.25, 0.3) is 0 Å². The largest absolute Gasteiger partial charge is 0.349 e. The summed E-state index contributed by atoms with van der Waals surface area (Å²) in [6.07, 6.45) is 5.14. The predicted molar refractivity (Wildman–Crippen MR) is 114 cm³/mol. The standard InChI is InChI=1S/C22H25N5OS/c28-21(16-29-22-24-25-26-27(22)19-14-15-19)23-20(18-11-5-2-6-12-18)13-7-10-17-8-3-1-4-9-17/h1-6,8-9,11-12,19-20H,7,10,13-16H2,(H,23,28). The van der Waals surface area contributed by atoms with Gasteiger partial charge in [-0.15, -0.1) is 5.10 Å². The third-order valence-corrected chi connectivity index (χ3v) is 5.96. The number of nitrogens with one attached hydrogen (secondary N) is 1. The molecule has 1 aromatic heterocycles. The van der Waals surface area contributed by atoms with Crippen molar-refractivity contribution in [3.63, 3.8) is 0 Å². The van der Waals surface area contributed by atoms with Crippen LogP contribution < -0.4 is 5.32 Å². The van der Waals surface area contributed by atoms with E-state index in [-0.39, 0.29) is 11.9 Å². The third kappa shape index (κ3) is 5.67. The van der Waals surface area contributed by atoms with Gasteiger partial charge in [0.25, 0.3) is 0 Å². The molecule has 0 aliphatic heterocycles. The van der Waals surface area contributed by atoms with Crippen LogP contribution in [0.1, 0.15) is 48.9 Å². The van der Waals surface area contributed by atoms with Crippen LogP contribution in [0.4, 0.5) is 0 Å². The van der Waals surface area contributed by atoms with E-state index in [1.807, 2.05) is 28.9 Å². The molecule has 0 radical (unpaired) electrons. The highest BCUT2D eigenvalue weighted by Crippen LogP contribution is 2.36. The molecule has 0 saturated heterocycles. The lowest BCUT2D eigenvalue weighted by Gasteiger charge is -2.19. The fraction of sp³-hybridized carbons (Fsp3) is 0.364. The van der Waals surface area contributed by atoms with E-state index in [1.165, 1.54) is 17.3 Å². The van der Waals surface area contributed by atoms with E-state index in [0.29, 0.717) is 11.8 Å². The smallest absolute Gasteiger partial charge is 0.230 e. The molecule has 1 N–H and O–H groups in total. The molecule has 1 saturated carbocycles. The van der Waals surface area contributed by atoms with Gasteiger partial charge >= 0.3 is 0 Å². The van der Waals surface area contributed by atoms with E-state index >= 15 is 0 Å². The van der Waals surface area contributed by atoms with Crippen molar-refractivity contribution in [2.24, 2.45) is 0 Å². The van der Waals surface area contributed by atoms with Crippen LogP contribution in [0.15, 0.2) is 65.8 Å². The average molecular weight is 408 g/mol. The van der Waals surface area contributed by atoms with E-state index in [0.717, 1.165) is 42.8 Å². The zero-order chi connectivity index (χ0) is 19.9. The van der Waals surface area contributed by atoms with Gasteiger partial charge in [-0.25, -0.2) is 4.68 Å². The highest BCUT2D eigenvalue weighted by Gasteiger charge is 2.28. The molecule has 2 aromatic carbocycles. The minimum atomic E-state index is 0.00689. The molecule has 1 aliphatic rings. The van der Waals surface area contributed by atoms with Crippen LogP contribution in [0.3, 0.4) is 0 Å². The van der Waals surface area contributed by atoms with Gasteiger partial charge in [0.05, 0.1) is 17.8 Å². The number of aryl methyl sites for hydroxylation is 1. The first-order valence-electron chi connectivity index (χ1n) is 10.1. The Kier molecular flexibility index (Phi) is 6.56. The van der Waals surface area contributed by atoms with Crippen LogP contribution in [-0.2, 0) is 11.2 Å². The number of hydrogen-bond donors (Lipinski definition) is 1. The van der Waals surface area contributed by atoms with Gasteiger partial charge in [-0.1, -0.05) is 72.4 Å². The molecule has 29 heavy (non-hydrogen) atoms. The van der Waals surface area contributed by atoms with E-state index in [4.69, 9.17) is 0 Å². The average Bonchev–Trinajstić information content (AvgIpc) is 3.50. The van der Waals surface area contributed by atoms with E-state index < -0.39 is 0 Å². The number of amides is 1. The Labute approximate surface area is 175 Å². The van der Waals surface area contributed by atoms with Gasteiger partial charge in [0.2, 0.25) is 11.1 Å². The molecule has 150 valence electrons. The monoisotopic (exact) mass is 407 g/mol. The number of rotatable bonds is 10. The van der Waals surface area contributed by atoms with Gasteiger partial charge in [0, 0.05) is 0 Å². The zero-order valence-electron chi connectivity index (χ0n) is 16.3. The minimum absolute atomic E-state index is 0.00689. The second kappa shape index (κ2) is 9.69. The molecule has 1 atom stereocenters. The number of carbonyl (C=O) groups excluding carboxylic acids is 1. The molecule has 7 heteroatoms. The highest BCUT2D eigenvalue weighted by atomic mass is 32.2. The van der Waals surface area contributed by atoms with Crippen LogP contribution in [0, 0.1) is 0 Å². The van der Waals surface area contributed by atoms with Gasteiger partial charge in [-0.3, -0.25) is 4.79 Å². The van der Waals surface area contributed by atoms with Crippen molar-refractivity contribution in [1.29, 1.82) is 0 Å². The fourth-order valence-corrected chi connectivity index (χ4v) is 4.11. The molecule has 4 rings (SSSR count). The molecule has 0 bridgehead atoms. The Morgan fingerprint density at radius 1 is 1.10 bits per heavy atom. The molecule has 1 heterocycles. The number of hydrogen-bond acceptors (Lipinski definition) is 5. The van der Waals surface area contributed by atoms with Crippen molar-refractivity contribution >= 4 is 17.7 Å². The van der Waals surface area contributed by atoms with Gasteiger partial charge in [0.15, 0.2) is 0 Å². The molecule has 1 amide bonds. The number of aromatic nitrogens is 4. The molecule has 1 unspecified atom stereocenters. The van der Waals surface area contributed by atoms with E-state index in [2.05, 4.69) is 57.2 Å². The molecule has 0 spiro atoms. The lowest BCUT2D eigenvalue weighted by atomic mass is 9.99. The van der Waals surface area contributed by atoms with E-state index in [1.54, 1.807) is 0 Å². The number of benzene rings is 2. The minimum Gasteiger partial charge on any atom is -0.349 e. The lowest BCUT2D eigenvalue weighted by molar-refractivity contribution is -0.119. The summed E-state index contributed by atoms with van der Waals surface area (Å²) in [7, 11) is 0. The lowest BCUT2D eigenvalue weighted by Crippen LogP contribution is -2.30. The van der Waals surface area contributed by atoms with Crippen molar-refractivity contribution in [2.75, 3.05) is 5.75 Å². The van der Waals surface area contributed by atoms with Crippen molar-refractivity contribution in [3.8, 4) is 0 Å². The van der Waals surface area contributed by atoms with Gasteiger partial charge in [-0.2, -0.15) is 0 Å². The van der Waals surface area contributed by atoms with Gasteiger partial charge in [-0.05, 0) is 53.7 Å². The van der Waals surface area contributed by atoms with Crippen molar-refractivity contribution < 1.29 is 4.79 Å². The maximum Gasteiger partial charge on any atom is 0.230 e. The van der Waals surface area contributed by atoms with Gasteiger partial charge in [0.1, 0.15) is 0 Å². The molecule has 6 nitrogen and oxygen atoms in total. The van der Waals surface area contributed by atoms with Crippen molar-refractivity contribution in [1.82, 2.24) is 25.5 Å². The van der Waals surface area contributed by atoms with Crippen molar-refractivity contribution in [2.45, 2.75) is 49.3 Å². The molecule has 1 fully saturated rings. The van der Waals surface area contributed by atoms with Crippen LogP contribution in [0.2, 0.25) is 0 Å². The SMILES string of the molecule is O=C(CSc1nnnn1C1CC1)NC(CCCc1ccccc1)c1ccccc1. The first kappa shape index (κ1) is 19.6. The summed E-state index contributed by atoms with van der Waals surface area (Å²) in [5.41, 5.74) is 2.47. The topological polar surface area (TPSA) is 72.7 Å². The number of carbonyl (C=O) groups is 1. The van der Waals surface area contributed by atoms with E-state index in [9.17, 15) is 4.79 Å². The summed E-state index contributed by atoms with van der Waals surface area (Å²) < 4.78 is 1.84. The normalized spacial score (nSPS) is 14.5. The summed E-state index contributed by atoms with van der Waals surface area (Å²) in [5.74, 6) is 0.323. The van der Waals surface area contributed by atoms with Crippen molar-refractivity contribution in [3.05, 3.63) is 71.8 Å². The maximum atomic E-state index is 12.6. The molecular weight excluding hydrogens is 382 g/mol. The molecule has 1 aliphatic carbocycles. The molecular formula is C22H25N5OS. The Morgan fingerprint density at radius 2 is 1.83 bits per heavy atom. The summed E-state index contributed by atoms with van der Waals surface area (Å²) in [6.45, 7) is 0. The predicted octanol–water partition coefficient (Wildman–Crippen LogP) is 3.98. The fourth-order valence-electron chi connectivity index (χ4n) is 3.36. The zero-order valence-corrected chi connectivity index (χ0v) is 17.1. The molecule has 3 aromatic rings.